The molecule has 3 N–H and O–H groups in total. The molecule has 70 valence electrons. The van der Waals surface area contributed by atoms with Crippen molar-refractivity contribution in [1.82, 2.24) is 15.1 Å². The Morgan fingerprint density at radius 1 is 1.77 bits per heavy atom. The van der Waals surface area contributed by atoms with E-state index < -0.39 is 0 Å². The number of H-pyrrole nitrogens is 1. The Morgan fingerprint density at radius 2 is 2.46 bits per heavy atom. The van der Waals surface area contributed by atoms with E-state index >= 15 is 0 Å². The number of amides is 1. The number of nitrogens with two attached hydrogens (primary N) is 1. The van der Waals surface area contributed by atoms with Crippen molar-refractivity contribution >= 4 is 11.7 Å². The lowest BCUT2D eigenvalue weighted by Crippen LogP contribution is -2.28. The van der Waals surface area contributed by atoms with Crippen molar-refractivity contribution < 1.29 is 4.79 Å². The predicted molar refractivity (Wildman–Crippen MR) is 48.1 cm³/mol. The summed E-state index contributed by atoms with van der Waals surface area (Å²) >= 11 is 0. The maximum atomic E-state index is 11.7. The number of carbonyl (C=O) groups excluding carboxylic acids is 1. The minimum atomic E-state index is -0.0475. The molecule has 5 heteroatoms. The van der Waals surface area contributed by atoms with Crippen molar-refractivity contribution in [3.63, 3.8) is 0 Å². The van der Waals surface area contributed by atoms with E-state index in [9.17, 15) is 4.79 Å². The number of carbonyl (C=O) groups is 1. The first-order valence-electron chi connectivity index (χ1n) is 4.26. The molecule has 0 saturated heterocycles. The SMILES string of the molecule is CN(C(=O)c1cn[nH]c1N)C1CC1. The molecule has 13 heavy (non-hydrogen) atoms. The van der Waals surface area contributed by atoms with Gasteiger partial charge >= 0.3 is 0 Å². The van der Waals surface area contributed by atoms with Crippen LogP contribution >= 0.6 is 0 Å². The molecule has 0 radical (unpaired) electrons. The lowest BCUT2D eigenvalue weighted by atomic mass is 10.3. The van der Waals surface area contributed by atoms with Gasteiger partial charge in [0.1, 0.15) is 11.4 Å². The molecule has 1 amide bonds. The molecule has 0 bridgehead atoms. The molecule has 0 atom stereocenters. The highest BCUT2D eigenvalue weighted by atomic mass is 16.2. The van der Waals surface area contributed by atoms with E-state index in [1.807, 2.05) is 0 Å². The van der Waals surface area contributed by atoms with Crippen molar-refractivity contribution in [1.29, 1.82) is 0 Å². The van der Waals surface area contributed by atoms with E-state index in [-0.39, 0.29) is 5.91 Å². The van der Waals surface area contributed by atoms with Crippen molar-refractivity contribution in [2.24, 2.45) is 0 Å². The Hall–Kier alpha value is -1.52. The zero-order valence-electron chi connectivity index (χ0n) is 7.45. The number of nitrogens with one attached hydrogen (secondary N) is 1. The van der Waals surface area contributed by atoms with Crippen LogP contribution in [0.2, 0.25) is 0 Å². The maximum Gasteiger partial charge on any atom is 0.259 e. The quantitative estimate of drug-likeness (QED) is 0.684. The standard InChI is InChI=1S/C8H12N4O/c1-12(5-2-3-5)8(13)6-4-10-11-7(6)9/h4-5H,2-3H2,1H3,(H3,9,10,11). The highest BCUT2D eigenvalue weighted by Gasteiger charge is 2.31. The first-order valence-corrected chi connectivity index (χ1v) is 4.26. The Morgan fingerprint density at radius 3 is 2.92 bits per heavy atom. The van der Waals surface area contributed by atoms with Crippen LogP contribution in [0.25, 0.3) is 0 Å². The van der Waals surface area contributed by atoms with Gasteiger partial charge in [-0.2, -0.15) is 5.10 Å². The first-order chi connectivity index (χ1) is 6.20. The number of hydrogen-bond acceptors (Lipinski definition) is 3. The average Bonchev–Trinajstić information content (AvgIpc) is 2.87. The van der Waals surface area contributed by atoms with Crippen molar-refractivity contribution in [3.05, 3.63) is 11.8 Å². The molecule has 0 spiro atoms. The zero-order chi connectivity index (χ0) is 9.42. The number of aromatic amines is 1. The summed E-state index contributed by atoms with van der Waals surface area (Å²) < 4.78 is 0. The van der Waals surface area contributed by atoms with E-state index in [4.69, 9.17) is 5.73 Å². The van der Waals surface area contributed by atoms with Crippen molar-refractivity contribution in [2.45, 2.75) is 18.9 Å². The maximum absolute atomic E-state index is 11.7. The van der Waals surface area contributed by atoms with Gasteiger partial charge in [0.15, 0.2) is 0 Å². The molecule has 1 aliphatic carbocycles. The van der Waals surface area contributed by atoms with Gasteiger partial charge in [-0.05, 0) is 12.8 Å². The Kier molecular flexibility index (Phi) is 1.72. The largest absolute Gasteiger partial charge is 0.383 e. The Balaban J connectivity index is 2.16. The minimum absolute atomic E-state index is 0.0475. The van der Waals surface area contributed by atoms with Crippen LogP contribution in [0.3, 0.4) is 0 Å². The number of nitrogens with zero attached hydrogens (tertiary/aromatic N) is 2. The van der Waals surface area contributed by atoms with E-state index in [0.29, 0.717) is 17.4 Å². The lowest BCUT2D eigenvalue weighted by Gasteiger charge is -2.14. The Labute approximate surface area is 75.9 Å². The third-order valence-corrected chi connectivity index (χ3v) is 2.31. The summed E-state index contributed by atoms with van der Waals surface area (Å²) in [7, 11) is 1.80. The van der Waals surface area contributed by atoms with E-state index in [2.05, 4.69) is 10.2 Å². The fourth-order valence-corrected chi connectivity index (χ4v) is 1.28. The third kappa shape index (κ3) is 1.37. The third-order valence-electron chi connectivity index (χ3n) is 2.31. The molecule has 5 nitrogen and oxygen atoms in total. The molecule has 1 saturated carbocycles. The van der Waals surface area contributed by atoms with Crippen LogP contribution in [-0.2, 0) is 0 Å². The fraction of sp³-hybridized carbons (Fsp3) is 0.500. The average molecular weight is 180 g/mol. The molecular formula is C8H12N4O. The molecule has 1 heterocycles. The fourth-order valence-electron chi connectivity index (χ4n) is 1.28. The monoisotopic (exact) mass is 180 g/mol. The van der Waals surface area contributed by atoms with Crippen LogP contribution in [-0.4, -0.2) is 34.1 Å². The van der Waals surface area contributed by atoms with Gasteiger partial charge in [0.2, 0.25) is 0 Å². The normalized spacial score (nSPS) is 15.8. The first kappa shape index (κ1) is 8.10. The molecule has 0 unspecified atom stereocenters. The summed E-state index contributed by atoms with van der Waals surface area (Å²) in [4.78, 5) is 13.4. The molecular weight excluding hydrogens is 168 g/mol. The summed E-state index contributed by atoms with van der Waals surface area (Å²) in [6.07, 6.45) is 3.66. The van der Waals surface area contributed by atoms with E-state index in [1.165, 1.54) is 6.20 Å². The van der Waals surface area contributed by atoms with Crippen LogP contribution in [0.1, 0.15) is 23.2 Å². The van der Waals surface area contributed by atoms with E-state index in [1.54, 1.807) is 11.9 Å². The highest BCUT2D eigenvalue weighted by molar-refractivity contribution is 5.98. The summed E-state index contributed by atoms with van der Waals surface area (Å²) in [5, 5.41) is 6.25. The smallest absolute Gasteiger partial charge is 0.259 e. The number of aromatic nitrogens is 2. The van der Waals surface area contributed by atoms with Gasteiger partial charge in [-0.25, -0.2) is 0 Å². The Bertz CT molecular complexity index is 329. The van der Waals surface area contributed by atoms with Gasteiger partial charge in [-0.3, -0.25) is 9.89 Å². The second-order valence-electron chi connectivity index (χ2n) is 3.34. The second kappa shape index (κ2) is 2.76. The lowest BCUT2D eigenvalue weighted by molar-refractivity contribution is 0.0786. The van der Waals surface area contributed by atoms with Gasteiger partial charge in [-0.1, -0.05) is 0 Å². The number of anilines is 1. The molecule has 1 aromatic rings. The summed E-state index contributed by atoms with van der Waals surface area (Å²) in [5.74, 6) is 0.297. The summed E-state index contributed by atoms with van der Waals surface area (Å²) in [5.41, 5.74) is 6.00. The zero-order valence-corrected chi connectivity index (χ0v) is 7.45. The molecule has 0 aromatic carbocycles. The molecule has 0 aliphatic heterocycles. The van der Waals surface area contributed by atoms with Crippen LogP contribution in [0, 0.1) is 0 Å². The van der Waals surface area contributed by atoms with Crippen molar-refractivity contribution in [2.75, 3.05) is 12.8 Å². The van der Waals surface area contributed by atoms with Gasteiger partial charge in [0.05, 0.1) is 6.20 Å². The molecule has 1 aliphatic rings. The van der Waals surface area contributed by atoms with Gasteiger partial charge in [0, 0.05) is 13.1 Å². The second-order valence-corrected chi connectivity index (χ2v) is 3.34. The number of nitrogen functional groups attached to an aromatic ring is 1. The molecule has 2 rings (SSSR count). The van der Waals surface area contributed by atoms with Crippen LogP contribution in [0.5, 0.6) is 0 Å². The van der Waals surface area contributed by atoms with Crippen LogP contribution in [0.4, 0.5) is 5.82 Å². The minimum Gasteiger partial charge on any atom is -0.383 e. The topological polar surface area (TPSA) is 75.0 Å². The molecule has 1 fully saturated rings. The van der Waals surface area contributed by atoms with Crippen molar-refractivity contribution in [3.8, 4) is 0 Å². The summed E-state index contributed by atoms with van der Waals surface area (Å²) in [6, 6.07) is 0.404. The van der Waals surface area contributed by atoms with Gasteiger partial charge < -0.3 is 10.6 Å². The number of hydrogen-bond donors (Lipinski definition) is 2. The summed E-state index contributed by atoms with van der Waals surface area (Å²) in [6.45, 7) is 0. The number of rotatable bonds is 2. The molecule has 1 aromatic heterocycles. The van der Waals surface area contributed by atoms with Gasteiger partial charge in [-0.15, -0.1) is 0 Å². The van der Waals surface area contributed by atoms with E-state index in [0.717, 1.165) is 12.8 Å². The van der Waals surface area contributed by atoms with Crippen LogP contribution < -0.4 is 5.73 Å². The highest BCUT2D eigenvalue weighted by Crippen LogP contribution is 2.27. The predicted octanol–water partition coefficient (Wildman–Crippen LogP) is 0.226. The van der Waals surface area contributed by atoms with Crippen LogP contribution in [0.15, 0.2) is 6.20 Å². The van der Waals surface area contributed by atoms with Gasteiger partial charge in [0.25, 0.3) is 5.91 Å².